The summed E-state index contributed by atoms with van der Waals surface area (Å²) in [6, 6.07) is 4.69. The van der Waals surface area contributed by atoms with E-state index in [4.69, 9.17) is 10.5 Å². The Bertz CT molecular complexity index is 646. The molecule has 0 aromatic carbocycles. The first-order valence-electron chi connectivity index (χ1n) is 6.87. The van der Waals surface area contributed by atoms with E-state index in [0.29, 0.717) is 5.82 Å². The first-order chi connectivity index (χ1) is 10.3. The van der Waals surface area contributed by atoms with Crippen molar-refractivity contribution >= 4 is 6.09 Å². The Hall–Kier alpha value is -2.44. The molecule has 0 aliphatic carbocycles. The highest BCUT2D eigenvalue weighted by molar-refractivity contribution is 5.64. The predicted molar refractivity (Wildman–Crippen MR) is 79.0 cm³/mol. The van der Waals surface area contributed by atoms with Crippen molar-refractivity contribution in [2.75, 3.05) is 6.61 Å². The van der Waals surface area contributed by atoms with Crippen molar-refractivity contribution in [1.82, 2.24) is 14.8 Å². The van der Waals surface area contributed by atoms with Gasteiger partial charge in [0.15, 0.2) is 5.82 Å². The third-order valence-corrected chi connectivity index (χ3v) is 3.35. The van der Waals surface area contributed by atoms with Crippen LogP contribution < -0.4 is 5.73 Å². The summed E-state index contributed by atoms with van der Waals surface area (Å²) in [5.41, 5.74) is 5.61. The molecule has 1 unspecified atom stereocenters. The zero-order valence-electron chi connectivity index (χ0n) is 12.8. The molecule has 0 radical (unpaired) electrons. The Morgan fingerprint density at radius 3 is 2.68 bits per heavy atom. The number of nitrogens with two attached hydrogens (primary N) is 1. The number of pyridine rings is 1. The van der Waals surface area contributed by atoms with Crippen LogP contribution in [-0.4, -0.2) is 27.5 Å². The number of halogens is 1. The summed E-state index contributed by atoms with van der Waals surface area (Å²) < 4.78 is 19.4. The lowest BCUT2D eigenvalue weighted by Gasteiger charge is -2.28. The highest BCUT2D eigenvalue weighted by atomic mass is 19.1. The van der Waals surface area contributed by atoms with Gasteiger partial charge in [-0.05, 0) is 23.6 Å². The van der Waals surface area contributed by atoms with Crippen LogP contribution in [0.5, 0.6) is 0 Å². The maximum atomic E-state index is 12.9. The Morgan fingerprint density at radius 2 is 2.14 bits per heavy atom. The fraction of sp³-hybridized carbons (Fsp3) is 0.400. The van der Waals surface area contributed by atoms with Gasteiger partial charge in [0, 0.05) is 12.1 Å². The van der Waals surface area contributed by atoms with Gasteiger partial charge in [0.1, 0.15) is 12.4 Å². The molecule has 2 aromatic heterocycles. The third-order valence-electron chi connectivity index (χ3n) is 3.35. The molecule has 0 aliphatic heterocycles. The summed E-state index contributed by atoms with van der Waals surface area (Å²) in [5, 5.41) is 4.45. The molecule has 22 heavy (non-hydrogen) atoms. The van der Waals surface area contributed by atoms with Crippen molar-refractivity contribution in [3.8, 4) is 5.82 Å². The van der Waals surface area contributed by atoms with Crippen LogP contribution in [0.4, 0.5) is 9.18 Å². The maximum absolute atomic E-state index is 12.9. The van der Waals surface area contributed by atoms with E-state index in [0.717, 1.165) is 11.9 Å². The minimum atomic E-state index is -0.811. The van der Waals surface area contributed by atoms with Crippen LogP contribution in [0.15, 0.2) is 30.6 Å². The van der Waals surface area contributed by atoms with Crippen molar-refractivity contribution in [2.45, 2.75) is 26.7 Å². The van der Waals surface area contributed by atoms with Crippen molar-refractivity contribution in [3.63, 3.8) is 0 Å². The quantitative estimate of drug-likeness (QED) is 0.941. The molecule has 0 fully saturated rings. The van der Waals surface area contributed by atoms with Gasteiger partial charge >= 0.3 is 6.09 Å². The second kappa shape index (κ2) is 6.13. The van der Waals surface area contributed by atoms with Crippen LogP contribution in [0.1, 0.15) is 32.4 Å². The van der Waals surface area contributed by atoms with Gasteiger partial charge < -0.3 is 10.5 Å². The van der Waals surface area contributed by atoms with Crippen molar-refractivity contribution < 1.29 is 13.9 Å². The lowest BCUT2D eigenvalue weighted by Crippen LogP contribution is -2.27. The molecule has 6 nitrogen and oxygen atoms in total. The number of ether oxygens (including phenoxy) is 1. The van der Waals surface area contributed by atoms with Gasteiger partial charge in [-0.25, -0.2) is 18.9 Å². The van der Waals surface area contributed by atoms with E-state index in [1.807, 2.05) is 26.8 Å². The van der Waals surface area contributed by atoms with E-state index in [2.05, 4.69) is 10.1 Å². The molecule has 7 heteroatoms. The van der Waals surface area contributed by atoms with E-state index >= 15 is 0 Å². The fourth-order valence-corrected chi connectivity index (χ4v) is 2.10. The molecule has 2 heterocycles. The molecule has 0 bridgehead atoms. The highest BCUT2D eigenvalue weighted by Crippen LogP contribution is 2.34. The monoisotopic (exact) mass is 306 g/mol. The molecule has 0 aliphatic rings. The number of nitrogens with zero attached hydrogens (tertiary/aromatic N) is 3. The zero-order chi connectivity index (χ0) is 16.3. The van der Waals surface area contributed by atoms with Gasteiger partial charge in [-0.15, -0.1) is 0 Å². The summed E-state index contributed by atoms with van der Waals surface area (Å²) in [6.07, 6.45) is 2.06. The van der Waals surface area contributed by atoms with Crippen molar-refractivity contribution in [1.29, 1.82) is 0 Å². The van der Waals surface area contributed by atoms with Gasteiger partial charge in [-0.3, -0.25) is 0 Å². The SMILES string of the molecule is CC(C)(C)C(COC(N)=O)c1ccn(-c2ccc(F)cn2)n1. The van der Waals surface area contributed by atoms with Crippen molar-refractivity contribution in [2.24, 2.45) is 11.1 Å². The van der Waals surface area contributed by atoms with Crippen LogP contribution in [-0.2, 0) is 4.74 Å². The Morgan fingerprint density at radius 1 is 1.41 bits per heavy atom. The predicted octanol–water partition coefficient (Wildman–Crippen LogP) is 2.63. The Balaban J connectivity index is 2.26. The lowest BCUT2D eigenvalue weighted by atomic mass is 9.79. The summed E-state index contributed by atoms with van der Waals surface area (Å²) in [6.45, 7) is 6.22. The van der Waals surface area contributed by atoms with Gasteiger partial charge in [0.2, 0.25) is 0 Å². The topological polar surface area (TPSA) is 83.0 Å². The summed E-state index contributed by atoms with van der Waals surface area (Å²) in [5.74, 6) is -0.0172. The minimum Gasteiger partial charge on any atom is -0.449 e. The number of aromatic nitrogens is 3. The van der Waals surface area contributed by atoms with E-state index in [9.17, 15) is 9.18 Å². The number of carbonyl (C=O) groups is 1. The first kappa shape index (κ1) is 15.9. The molecule has 0 spiro atoms. The molecule has 0 saturated carbocycles. The van der Waals surface area contributed by atoms with E-state index in [1.54, 1.807) is 10.9 Å². The molecule has 1 atom stereocenters. The molecule has 118 valence electrons. The zero-order valence-corrected chi connectivity index (χ0v) is 12.8. The van der Waals surface area contributed by atoms with E-state index in [-0.39, 0.29) is 17.9 Å². The normalized spacial score (nSPS) is 12.9. The highest BCUT2D eigenvalue weighted by Gasteiger charge is 2.29. The summed E-state index contributed by atoms with van der Waals surface area (Å²) in [7, 11) is 0. The van der Waals surface area contributed by atoms with Gasteiger partial charge in [0.25, 0.3) is 0 Å². The largest absolute Gasteiger partial charge is 0.449 e. The van der Waals surface area contributed by atoms with Gasteiger partial charge in [0.05, 0.1) is 11.9 Å². The molecule has 2 rings (SSSR count). The molecular weight excluding hydrogens is 287 g/mol. The molecule has 2 aromatic rings. The third kappa shape index (κ3) is 3.81. The maximum Gasteiger partial charge on any atom is 0.404 e. The number of primary amides is 1. The van der Waals surface area contributed by atoms with Crippen LogP contribution in [0.3, 0.4) is 0 Å². The standard InChI is InChI=1S/C15H19FN4O2/c1-15(2,3)11(9-22-14(17)21)12-6-7-20(19-12)13-5-4-10(16)8-18-13/h4-8,11H,9H2,1-3H3,(H2,17,21). The number of hydrogen-bond acceptors (Lipinski definition) is 4. The smallest absolute Gasteiger partial charge is 0.404 e. The molecular formula is C15H19FN4O2. The molecule has 1 amide bonds. The average molecular weight is 306 g/mol. The first-order valence-corrected chi connectivity index (χ1v) is 6.87. The van der Waals surface area contributed by atoms with E-state index in [1.165, 1.54) is 12.1 Å². The van der Waals surface area contributed by atoms with E-state index < -0.39 is 11.9 Å². The number of rotatable bonds is 4. The van der Waals surface area contributed by atoms with Crippen LogP contribution >= 0.6 is 0 Å². The summed E-state index contributed by atoms with van der Waals surface area (Å²) >= 11 is 0. The Kier molecular flexibility index (Phi) is 4.44. The van der Waals surface area contributed by atoms with Crippen LogP contribution in [0.2, 0.25) is 0 Å². The Labute approximate surface area is 128 Å². The fourth-order valence-electron chi connectivity index (χ4n) is 2.10. The van der Waals surface area contributed by atoms with Gasteiger partial charge in [-0.2, -0.15) is 5.10 Å². The molecule has 0 saturated heterocycles. The van der Waals surface area contributed by atoms with Gasteiger partial charge in [-0.1, -0.05) is 20.8 Å². The van der Waals surface area contributed by atoms with Crippen LogP contribution in [0.25, 0.3) is 5.82 Å². The summed E-state index contributed by atoms with van der Waals surface area (Å²) in [4.78, 5) is 14.8. The second-order valence-corrected chi connectivity index (χ2v) is 6.07. The minimum absolute atomic E-state index is 0.123. The number of amides is 1. The van der Waals surface area contributed by atoms with Crippen molar-refractivity contribution in [3.05, 3.63) is 42.1 Å². The number of carbonyl (C=O) groups excluding carboxylic acids is 1. The second-order valence-electron chi connectivity index (χ2n) is 6.07. The lowest BCUT2D eigenvalue weighted by molar-refractivity contribution is 0.124. The number of hydrogen-bond donors (Lipinski definition) is 1. The molecule has 2 N–H and O–H groups in total. The van der Waals surface area contributed by atoms with Crippen LogP contribution in [0, 0.1) is 11.2 Å². The average Bonchev–Trinajstić information content (AvgIpc) is 2.87.